The van der Waals surface area contributed by atoms with Gasteiger partial charge in [0, 0.05) is 4.70 Å². The van der Waals surface area contributed by atoms with Crippen molar-refractivity contribution in [2.45, 2.75) is 10.8 Å². The van der Waals surface area contributed by atoms with Crippen molar-refractivity contribution in [3.63, 3.8) is 0 Å². The molecule has 2 rings (SSSR count). The van der Waals surface area contributed by atoms with Crippen molar-refractivity contribution < 1.29 is 9.50 Å². The fourth-order valence-corrected chi connectivity index (χ4v) is 3.09. The lowest BCUT2D eigenvalue weighted by molar-refractivity contribution is 0.283. The van der Waals surface area contributed by atoms with E-state index in [2.05, 4.69) is 0 Å². The Hall–Kier alpha value is -0.580. The van der Waals surface area contributed by atoms with E-state index in [0.717, 1.165) is 14.3 Å². The number of hydrogen-bond donors (Lipinski definition) is 1. The van der Waals surface area contributed by atoms with E-state index in [0.29, 0.717) is 5.56 Å². The quantitative estimate of drug-likeness (QED) is 0.796. The molecule has 0 atom stereocenters. The Bertz CT molecular complexity index is 464. The second-order valence-electron chi connectivity index (χ2n) is 2.90. The van der Waals surface area contributed by atoms with E-state index in [1.807, 2.05) is 12.3 Å². The molecule has 14 heavy (non-hydrogen) atoms. The molecule has 0 amide bonds. The van der Waals surface area contributed by atoms with Crippen LogP contribution in [0.15, 0.2) is 22.4 Å². The largest absolute Gasteiger partial charge is 0.392 e. The first-order chi connectivity index (χ1) is 6.74. The maximum Gasteiger partial charge on any atom is 0.125 e. The van der Waals surface area contributed by atoms with Gasteiger partial charge >= 0.3 is 0 Å². The van der Waals surface area contributed by atoms with Gasteiger partial charge in [0.25, 0.3) is 0 Å². The highest BCUT2D eigenvalue weighted by Gasteiger charge is 2.07. The van der Waals surface area contributed by atoms with Crippen LogP contribution in [0.25, 0.3) is 10.1 Å². The van der Waals surface area contributed by atoms with Crippen molar-refractivity contribution in [2.24, 2.45) is 0 Å². The Balaban J connectivity index is 2.71. The fourth-order valence-electron chi connectivity index (χ4n) is 1.38. The van der Waals surface area contributed by atoms with E-state index >= 15 is 0 Å². The summed E-state index contributed by atoms with van der Waals surface area (Å²) >= 11 is 3.19. The van der Waals surface area contributed by atoms with Gasteiger partial charge in [-0.05, 0) is 35.4 Å². The number of thioether (sulfide) groups is 1. The maximum absolute atomic E-state index is 13.1. The molecular weight excluding hydrogens is 219 g/mol. The molecular formula is C10H9FOS2. The smallest absolute Gasteiger partial charge is 0.125 e. The Morgan fingerprint density at radius 2 is 2.21 bits per heavy atom. The minimum Gasteiger partial charge on any atom is -0.392 e. The lowest BCUT2D eigenvalue weighted by Crippen LogP contribution is -1.85. The molecule has 0 saturated carbocycles. The number of halogens is 1. The first-order valence-electron chi connectivity index (χ1n) is 4.11. The number of hydrogen-bond acceptors (Lipinski definition) is 3. The second kappa shape index (κ2) is 3.88. The highest BCUT2D eigenvalue weighted by Crippen LogP contribution is 2.34. The van der Waals surface area contributed by atoms with Gasteiger partial charge in [0.05, 0.1) is 10.8 Å². The van der Waals surface area contributed by atoms with Crippen LogP contribution in [-0.4, -0.2) is 11.4 Å². The van der Waals surface area contributed by atoms with Gasteiger partial charge in [-0.1, -0.05) is 0 Å². The summed E-state index contributed by atoms with van der Waals surface area (Å²) in [6, 6.07) is 4.90. The Morgan fingerprint density at radius 3 is 2.86 bits per heavy atom. The molecule has 0 aliphatic rings. The van der Waals surface area contributed by atoms with E-state index in [4.69, 9.17) is 5.11 Å². The third kappa shape index (κ3) is 1.65. The van der Waals surface area contributed by atoms with Crippen LogP contribution in [0, 0.1) is 5.82 Å². The molecule has 74 valence electrons. The molecule has 4 heteroatoms. The van der Waals surface area contributed by atoms with Gasteiger partial charge in [-0.3, -0.25) is 0 Å². The number of rotatable bonds is 2. The molecule has 0 unspecified atom stereocenters. The van der Waals surface area contributed by atoms with Crippen LogP contribution in [0.1, 0.15) is 5.56 Å². The third-order valence-corrected chi connectivity index (χ3v) is 4.18. The molecule has 0 spiro atoms. The molecule has 0 fully saturated rings. The van der Waals surface area contributed by atoms with E-state index in [9.17, 15) is 4.39 Å². The molecule has 0 bridgehead atoms. The summed E-state index contributed by atoms with van der Waals surface area (Å²) in [6.45, 7) is -0.112. The van der Waals surface area contributed by atoms with E-state index in [-0.39, 0.29) is 12.4 Å². The molecule has 0 radical (unpaired) electrons. The lowest BCUT2D eigenvalue weighted by atomic mass is 10.1. The van der Waals surface area contributed by atoms with Crippen molar-refractivity contribution in [1.29, 1.82) is 0 Å². The molecule has 1 N–H and O–H groups in total. The number of thiophene rings is 1. The van der Waals surface area contributed by atoms with Crippen LogP contribution in [-0.2, 0) is 6.61 Å². The predicted molar refractivity (Wildman–Crippen MR) is 59.5 cm³/mol. The van der Waals surface area contributed by atoms with E-state index in [1.165, 1.54) is 12.1 Å². The van der Waals surface area contributed by atoms with Crippen molar-refractivity contribution in [1.82, 2.24) is 0 Å². The Morgan fingerprint density at radius 1 is 1.43 bits per heavy atom. The summed E-state index contributed by atoms with van der Waals surface area (Å²) in [5, 5.41) is 10.0. The highest BCUT2D eigenvalue weighted by molar-refractivity contribution is 8.00. The van der Waals surface area contributed by atoms with E-state index < -0.39 is 0 Å². The molecule has 2 aromatic rings. The number of aliphatic hydroxyl groups excluding tert-OH is 1. The zero-order valence-corrected chi connectivity index (χ0v) is 9.21. The van der Waals surface area contributed by atoms with Crippen molar-refractivity contribution in [3.05, 3.63) is 29.6 Å². The third-order valence-electron chi connectivity index (χ3n) is 2.04. The molecule has 0 saturated heterocycles. The van der Waals surface area contributed by atoms with Crippen molar-refractivity contribution in [3.8, 4) is 0 Å². The minimum atomic E-state index is -0.281. The SMILES string of the molecule is CSc1cc2c(CO)cc(F)cc2s1. The number of benzene rings is 1. The fraction of sp³-hybridized carbons (Fsp3) is 0.200. The maximum atomic E-state index is 13.1. The summed E-state index contributed by atoms with van der Waals surface area (Å²) in [5.74, 6) is -0.281. The average molecular weight is 228 g/mol. The molecule has 1 nitrogen and oxygen atoms in total. The zero-order chi connectivity index (χ0) is 10.1. The monoisotopic (exact) mass is 228 g/mol. The van der Waals surface area contributed by atoms with Crippen LogP contribution < -0.4 is 0 Å². The predicted octanol–water partition coefficient (Wildman–Crippen LogP) is 3.25. The van der Waals surface area contributed by atoms with Gasteiger partial charge in [0.1, 0.15) is 5.82 Å². The van der Waals surface area contributed by atoms with Crippen molar-refractivity contribution in [2.75, 3.05) is 6.26 Å². The second-order valence-corrected chi connectivity index (χ2v) is 5.09. The van der Waals surface area contributed by atoms with Gasteiger partial charge in [0.2, 0.25) is 0 Å². The van der Waals surface area contributed by atoms with Crippen LogP contribution in [0.3, 0.4) is 0 Å². The summed E-state index contributed by atoms with van der Waals surface area (Å²) in [4.78, 5) is 0. The Kier molecular flexibility index (Phi) is 2.76. The molecule has 1 aromatic heterocycles. The number of aliphatic hydroxyl groups is 1. The average Bonchev–Trinajstić information content (AvgIpc) is 2.59. The topological polar surface area (TPSA) is 20.2 Å². The van der Waals surface area contributed by atoms with Crippen molar-refractivity contribution >= 4 is 33.2 Å². The van der Waals surface area contributed by atoms with Crippen LogP contribution in [0.5, 0.6) is 0 Å². The first-order valence-corrected chi connectivity index (χ1v) is 6.15. The van der Waals surface area contributed by atoms with Gasteiger partial charge < -0.3 is 5.11 Å². The molecule has 0 aliphatic carbocycles. The Labute approximate surface area is 89.6 Å². The van der Waals surface area contributed by atoms with Crippen LogP contribution in [0.2, 0.25) is 0 Å². The zero-order valence-electron chi connectivity index (χ0n) is 7.58. The van der Waals surface area contributed by atoms with Gasteiger partial charge in [-0.2, -0.15) is 0 Å². The summed E-state index contributed by atoms with van der Waals surface area (Å²) in [7, 11) is 0. The first kappa shape index (κ1) is 9.96. The summed E-state index contributed by atoms with van der Waals surface area (Å²) in [6.07, 6.45) is 1.99. The summed E-state index contributed by atoms with van der Waals surface area (Å²) in [5.41, 5.74) is 0.663. The molecule has 1 heterocycles. The van der Waals surface area contributed by atoms with E-state index in [1.54, 1.807) is 23.1 Å². The normalized spacial score (nSPS) is 11.1. The highest BCUT2D eigenvalue weighted by atomic mass is 32.2. The minimum absolute atomic E-state index is 0.112. The van der Waals surface area contributed by atoms with Gasteiger partial charge in [-0.15, -0.1) is 23.1 Å². The number of fused-ring (bicyclic) bond motifs is 1. The molecule has 0 aliphatic heterocycles. The van der Waals surface area contributed by atoms with Crippen LogP contribution in [0.4, 0.5) is 4.39 Å². The molecule has 1 aromatic carbocycles. The lowest BCUT2D eigenvalue weighted by Gasteiger charge is -1.98. The van der Waals surface area contributed by atoms with Crippen LogP contribution >= 0.6 is 23.1 Å². The van der Waals surface area contributed by atoms with Gasteiger partial charge in [0.15, 0.2) is 0 Å². The standard InChI is InChI=1S/C10H9FOS2/c1-13-10-4-8-6(5-12)2-7(11)3-9(8)14-10/h2-4,12H,5H2,1H3. The summed E-state index contributed by atoms with van der Waals surface area (Å²) < 4.78 is 15.1. The van der Waals surface area contributed by atoms with Gasteiger partial charge in [-0.25, -0.2) is 4.39 Å².